The van der Waals surface area contributed by atoms with Crippen LogP contribution in [0, 0.1) is 0 Å². The third-order valence-electron chi connectivity index (χ3n) is 3.39. The molecule has 6 nitrogen and oxygen atoms in total. The van der Waals surface area contributed by atoms with E-state index in [0.29, 0.717) is 12.4 Å². The molecule has 3 rings (SSSR count). The Kier molecular flexibility index (Phi) is 4.00. The fraction of sp³-hybridized carbons (Fsp3) is 0.188. The number of aromatic amines is 1. The topological polar surface area (TPSA) is 72.8 Å². The van der Waals surface area contributed by atoms with Crippen LogP contribution >= 0.6 is 0 Å². The maximum Gasteiger partial charge on any atom is 0.343 e. The predicted molar refractivity (Wildman–Crippen MR) is 82.8 cm³/mol. The molecule has 0 aliphatic rings. The molecule has 112 valence electrons. The second-order valence-corrected chi connectivity index (χ2v) is 4.84. The van der Waals surface area contributed by atoms with Gasteiger partial charge in [0.05, 0.1) is 13.7 Å². The number of ether oxygens (including phenoxy) is 1. The van der Waals surface area contributed by atoms with Gasteiger partial charge in [-0.25, -0.2) is 9.48 Å². The van der Waals surface area contributed by atoms with Gasteiger partial charge in [-0.3, -0.25) is 9.97 Å². The molecule has 0 bridgehead atoms. The molecule has 3 aromatic rings. The van der Waals surface area contributed by atoms with Gasteiger partial charge < -0.3 is 4.74 Å². The molecule has 0 aliphatic carbocycles. The summed E-state index contributed by atoms with van der Waals surface area (Å²) in [4.78, 5) is 18.7. The number of H-pyrrole nitrogens is 1. The summed E-state index contributed by atoms with van der Waals surface area (Å²) in [5.74, 6) is 1.35. The third-order valence-corrected chi connectivity index (χ3v) is 3.39. The van der Waals surface area contributed by atoms with E-state index in [9.17, 15) is 4.79 Å². The maximum absolute atomic E-state index is 11.9. The molecule has 2 heterocycles. The number of methoxy groups -OCH3 is 1. The van der Waals surface area contributed by atoms with Crippen LogP contribution in [0.15, 0.2) is 53.6 Å². The minimum Gasteiger partial charge on any atom is -0.497 e. The largest absolute Gasteiger partial charge is 0.497 e. The normalized spacial score (nSPS) is 10.6. The highest BCUT2D eigenvalue weighted by Crippen LogP contribution is 2.13. The molecule has 0 saturated heterocycles. The van der Waals surface area contributed by atoms with Crippen molar-refractivity contribution in [1.29, 1.82) is 0 Å². The van der Waals surface area contributed by atoms with Gasteiger partial charge in [0, 0.05) is 18.0 Å². The number of hydrogen-bond donors (Lipinski definition) is 1. The lowest BCUT2D eigenvalue weighted by molar-refractivity contribution is 0.414. The van der Waals surface area contributed by atoms with Crippen LogP contribution in [0.2, 0.25) is 0 Å². The molecule has 2 aromatic heterocycles. The lowest BCUT2D eigenvalue weighted by Crippen LogP contribution is -2.19. The Morgan fingerprint density at radius 1 is 1.23 bits per heavy atom. The summed E-state index contributed by atoms with van der Waals surface area (Å²) >= 11 is 0. The van der Waals surface area contributed by atoms with Crippen LogP contribution < -0.4 is 10.4 Å². The van der Waals surface area contributed by atoms with Crippen LogP contribution in [0.4, 0.5) is 0 Å². The SMILES string of the molecule is COc1ccc(CCn2nc(-c3cccnc3)[nH]c2=O)cc1. The van der Waals surface area contributed by atoms with Crippen LogP contribution in [0.3, 0.4) is 0 Å². The smallest absolute Gasteiger partial charge is 0.343 e. The first-order chi connectivity index (χ1) is 10.8. The summed E-state index contributed by atoms with van der Waals surface area (Å²) in [6.45, 7) is 0.516. The van der Waals surface area contributed by atoms with Crippen LogP contribution in [-0.2, 0) is 13.0 Å². The van der Waals surface area contributed by atoms with Crippen LogP contribution in [0.5, 0.6) is 5.75 Å². The minimum absolute atomic E-state index is 0.215. The van der Waals surface area contributed by atoms with Crippen LogP contribution in [0.1, 0.15) is 5.56 Å². The number of rotatable bonds is 5. The van der Waals surface area contributed by atoms with Crippen molar-refractivity contribution in [1.82, 2.24) is 19.7 Å². The minimum atomic E-state index is -0.215. The van der Waals surface area contributed by atoms with Crippen molar-refractivity contribution in [3.05, 3.63) is 64.8 Å². The molecule has 0 unspecified atom stereocenters. The molecule has 0 atom stereocenters. The van der Waals surface area contributed by atoms with E-state index in [1.165, 1.54) is 4.68 Å². The van der Waals surface area contributed by atoms with E-state index < -0.39 is 0 Å². The van der Waals surface area contributed by atoms with Gasteiger partial charge in [0.15, 0.2) is 5.82 Å². The van der Waals surface area contributed by atoms with E-state index in [0.717, 1.165) is 23.3 Å². The van der Waals surface area contributed by atoms with E-state index in [-0.39, 0.29) is 5.69 Å². The molecule has 22 heavy (non-hydrogen) atoms. The molecule has 0 aliphatic heterocycles. The van der Waals surface area contributed by atoms with Gasteiger partial charge >= 0.3 is 5.69 Å². The monoisotopic (exact) mass is 296 g/mol. The van der Waals surface area contributed by atoms with E-state index >= 15 is 0 Å². The standard InChI is InChI=1S/C16H16N4O2/c1-22-14-6-4-12(5-7-14)8-10-20-16(21)18-15(19-20)13-3-2-9-17-11-13/h2-7,9,11H,8,10H2,1H3,(H,18,19,21). The summed E-state index contributed by atoms with van der Waals surface area (Å²) in [5.41, 5.74) is 1.70. The van der Waals surface area contributed by atoms with E-state index in [2.05, 4.69) is 15.1 Å². The van der Waals surface area contributed by atoms with E-state index in [4.69, 9.17) is 4.74 Å². The third kappa shape index (κ3) is 3.06. The van der Waals surface area contributed by atoms with E-state index in [1.54, 1.807) is 19.5 Å². The zero-order valence-electron chi connectivity index (χ0n) is 12.2. The fourth-order valence-corrected chi connectivity index (χ4v) is 2.17. The molecule has 0 fully saturated rings. The van der Waals surface area contributed by atoms with Gasteiger partial charge in [0.25, 0.3) is 0 Å². The fourth-order valence-electron chi connectivity index (χ4n) is 2.17. The summed E-state index contributed by atoms with van der Waals surface area (Å²) < 4.78 is 6.56. The summed E-state index contributed by atoms with van der Waals surface area (Å²) in [5, 5.41) is 4.31. The summed E-state index contributed by atoms with van der Waals surface area (Å²) in [7, 11) is 1.64. The number of benzene rings is 1. The Morgan fingerprint density at radius 2 is 2.05 bits per heavy atom. The second kappa shape index (κ2) is 6.26. The highest BCUT2D eigenvalue weighted by Gasteiger charge is 2.07. The Balaban J connectivity index is 1.73. The molecule has 1 aromatic carbocycles. The van der Waals surface area contributed by atoms with Crippen molar-refractivity contribution >= 4 is 0 Å². The highest BCUT2D eigenvalue weighted by atomic mass is 16.5. The van der Waals surface area contributed by atoms with Gasteiger partial charge in [-0.15, -0.1) is 5.10 Å². The van der Waals surface area contributed by atoms with Crippen molar-refractivity contribution in [2.45, 2.75) is 13.0 Å². The van der Waals surface area contributed by atoms with Crippen molar-refractivity contribution < 1.29 is 4.74 Å². The van der Waals surface area contributed by atoms with Gasteiger partial charge in [0.2, 0.25) is 0 Å². The first-order valence-electron chi connectivity index (χ1n) is 6.97. The molecule has 6 heteroatoms. The average molecular weight is 296 g/mol. The molecule has 0 radical (unpaired) electrons. The van der Waals surface area contributed by atoms with E-state index in [1.807, 2.05) is 36.4 Å². The van der Waals surface area contributed by atoms with Gasteiger partial charge in [-0.05, 0) is 36.2 Å². The number of pyridine rings is 1. The van der Waals surface area contributed by atoms with Gasteiger partial charge in [0.1, 0.15) is 5.75 Å². The number of aryl methyl sites for hydroxylation is 2. The summed E-state index contributed by atoms with van der Waals surface area (Å²) in [6.07, 6.45) is 4.08. The second-order valence-electron chi connectivity index (χ2n) is 4.84. The molecule has 0 amide bonds. The Bertz CT molecular complexity index is 791. The molecular weight excluding hydrogens is 280 g/mol. The maximum atomic E-state index is 11.9. The lowest BCUT2D eigenvalue weighted by atomic mass is 10.1. The zero-order chi connectivity index (χ0) is 15.4. The number of hydrogen-bond acceptors (Lipinski definition) is 4. The van der Waals surface area contributed by atoms with Crippen molar-refractivity contribution in [2.75, 3.05) is 7.11 Å². The lowest BCUT2D eigenvalue weighted by Gasteiger charge is -2.03. The van der Waals surface area contributed by atoms with Gasteiger partial charge in [-0.2, -0.15) is 0 Å². The Labute approximate surface area is 127 Å². The molecule has 1 N–H and O–H groups in total. The molecular formula is C16H16N4O2. The summed E-state index contributed by atoms with van der Waals surface area (Å²) in [6, 6.07) is 11.5. The quantitative estimate of drug-likeness (QED) is 0.780. The van der Waals surface area contributed by atoms with Crippen LogP contribution in [0.25, 0.3) is 11.4 Å². The average Bonchev–Trinajstić information content (AvgIpc) is 2.95. The van der Waals surface area contributed by atoms with Crippen LogP contribution in [-0.4, -0.2) is 26.9 Å². The first kappa shape index (κ1) is 14.1. The number of nitrogens with zero attached hydrogens (tertiary/aromatic N) is 3. The van der Waals surface area contributed by atoms with Gasteiger partial charge in [-0.1, -0.05) is 12.1 Å². The van der Waals surface area contributed by atoms with Crippen molar-refractivity contribution in [3.63, 3.8) is 0 Å². The van der Waals surface area contributed by atoms with Crippen molar-refractivity contribution in [3.8, 4) is 17.1 Å². The molecule has 0 saturated carbocycles. The number of aromatic nitrogens is 4. The predicted octanol–water partition coefficient (Wildman–Crippen LogP) is 1.88. The Morgan fingerprint density at radius 3 is 2.73 bits per heavy atom. The highest BCUT2D eigenvalue weighted by molar-refractivity contribution is 5.51. The van der Waals surface area contributed by atoms with Crippen molar-refractivity contribution in [2.24, 2.45) is 0 Å². The molecule has 0 spiro atoms. The number of nitrogens with one attached hydrogen (secondary N) is 1. The first-order valence-corrected chi connectivity index (χ1v) is 6.97. The zero-order valence-corrected chi connectivity index (χ0v) is 12.2. The Hall–Kier alpha value is -2.89.